The van der Waals surface area contributed by atoms with Gasteiger partial charge in [0.25, 0.3) is 0 Å². The quantitative estimate of drug-likeness (QED) is 0.399. The average Bonchev–Trinajstić information content (AvgIpc) is 3.17. The van der Waals surface area contributed by atoms with Crippen molar-refractivity contribution in [2.45, 2.75) is 24.8 Å². The zero-order chi connectivity index (χ0) is 21.4. The maximum Gasteiger partial charge on any atom is 0.232 e. The van der Waals surface area contributed by atoms with Crippen LogP contribution in [0.25, 0.3) is 16.6 Å². The Labute approximate surface area is 183 Å². The van der Waals surface area contributed by atoms with Gasteiger partial charge < -0.3 is 11.1 Å². The number of aromatic nitrogens is 6. The highest BCUT2D eigenvalue weighted by molar-refractivity contribution is 7.98. The average molecular weight is 429 g/mol. The third-order valence-corrected chi connectivity index (χ3v) is 5.84. The standard InChI is InChI=1S/C22H20N8S/c1-13-7-9-15(10-8-13)24-21-26-18(25-20(23)27-21)12-31-22-29-28-19-11-14(2)16-5-3-4-6-17(16)30(19)22/h3-11H,12H2,1-2H3,(H3,23,24,25,26,27). The van der Waals surface area contributed by atoms with E-state index in [9.17, 15) is 0 Å². The SMILES string of the molecule is Cc1ccc(Nc2nc(N)nc(CSc3nnc4cc(C)c5ccccc5n34)n2)cc1. The van der Waals surface area contributed by atoms with Gasteiger partial charge in [-0.25, -0.2) is 0 Å². The minimum Gasteiger partial charge on any atom is -0.368 e. The molecule has 0 unspecified atom stereocenters. The van der Waals surface area contributed by atoms with Crippen LogP contribution in [0.5, 0.6) is 0 Å². The van der Waals surface area contributed by atoms with Gasteiger partial charge in [-0.1, -0.05) is 47.7 Å². The molecule has 0 aliphatic heterocycles. The molecule has 0 saturated carbocycles. The summed E-state index contributed by atoms with van der Waals surface area (Å²) in [6.07, 6.45) is 0. The van der Waals surface area contributed by atoms with E-state index >= 15 is 0 Å². The van der Waals surface area contributed by atoms with Crippen molar-refractivity contribution in [3.05, 3.63) is 71.5 Å². The molecule has 3 heterocycles. The molecule has 5 rings (SSSR count). The number of nitrogens with one attached hydrogen (secondary N) is 1. The Balaban J connectivity index is 1.42. The van der Waals surface area contributed by atoms with Crippen molar-refractivity contribution in [1.82, 2.24) is 29.5 Å². The minimum atomic E-state index is 0.174. The molecule has 0 aliphatic rings. The molecule has 0 aliphatic carbocycles. The van der Waals surface area contributed by atoms with Crippen LogP contribution in [0.1, 0.15) is 17.0 Å². The van der Waals surface area contributed by atoms with Crippen molar-refractivity contribution in [3.63, 3.8) is 0 Å². The van der Waals surface area contributed by atoms with Gasteiger partial charge in [0.05, 0.1) is 11.3 Å². The smallest absolute Gasteiger partial charge is 0.232 e. The Morgan fingerprint density at radius 2 is 1.77 bits per heavy atom. The summed E-state index contributed by atoms with van der Waals surface area (Å²) in [5.41, 5.74) is 11.1. The fourth-order valence-electron chi connectivity index (χ4n) is 3.42. The largest absolute Gasteiger partial charge is 0.368 e. The van der Waals surface area contributed by atoms with Crippen LogP contribution in [0, 0.1) is 13.8 Å². The minimum absolute atomic E-state index is 0.174. The van der Waals surface area contributed by atoms with E-state index in [-0.39, 0.29) is 5.95 Å². The van der Waals surface area contributed by atoms with Crippen LogP contribution < -0.4 is 11.1 Å². The maximum absolute atomic E-state index is 5.92. The molecule has 3 N–H and O–H groups in total. The van der Waals surface area contributed by atoms with E-state index in [2.05, 4.69) is 53.9 Å². The third kappa shape index (κ3) is 3.87. The zero-order valence-corrected chi connectivity index (χ0v) is 17.9. The van der Waals surface area contributed by atoms with Crippen LogP contribution in [0.3, 0.4) is 0 Å². The van der Waals surface area contributed by atoms with Gasteiger partial charge in [0, 0.05) is 11.1 Å². The Morgan fingerprint density at radius 1 is 0.968 bits per heavy atom. The topological polar surface area (TPSA) is 107 Å². The zero-order valence-electron chi connectivity index (χ0n) is 17.1. The summed E-state index contributed by atoms with van der Waals surface area (Å²) in [6.45, 7) is 4.12. The molecular weight excluding hydrogens is 408 g/mol. The van der Waals surface area contributed by atoms with Crippen molar-refractivity contribution in [1.29, 1.82) is 0 Å². The van der Waals surface area contributed by atoms with Crippen molar-refractivity contribution in [3.8, 4) is 0 Å². The number of anilines is 3. The number of benzene rings is 2. The number of para-hydroxylation sites is 1. The van der Waals surface area contributed by atoms with Crippen LogP contribution in [-0.2, 0) is 5.75 Å². The molecule has 0 amide bonds. The van der Waals surface area contributed by atoms with Gasteiger partial charge >= 0.3 is 0 Å². The molecule has 154 valence electrons. The highest BCUT2D eigenvalue weighted by Gasteiger charge is 2.13. The van der Waals surface area contributed by atoms with Crippen LogP contribution in [0.4, 0.5) is 17.6 Å². The summed E-state index contributed by atoms with van der Waals surface area (Å²) >= 11 is 1.51. The number of hydrogen-bond acceptors (Lipinski definition) is 8. The first kappa shape index (κ1) is 19.3. The second-order valence-electron chi connectivity index (χ2n) is 7.23. The van der Waals surface area contributed by atoms with Crippen molar-refractivity contribution in [2.24, 2.45) is 0 Å². The second-order valence-corrected chi connectivity index (χ2v) is 8.18. The first-order valence-electron chi connectivity index (χ1n) is 9.77. The number of nitrogens with two attached hydrogens (primary N) is 1. The van der Waals surface area contributed by atoms with E-state index in [1.807, 2.05) is 49.4 Å². The van der Waals surface area contributed by atoms with Gasteiger partial charge in [-0.3, -0.25) is 4.40 Å². The lowest BCUT2D eigenvalue weighted by molar-refractivity contribution is 0.930. The highest BCUT2D eigenvalue weighted by Crippen LogP contribution is 2.27. The number of thioether (sulfide) groups is 1. The molecule has 0 spiro atoms. The molecule has 2 aromatic carbocycles. The first-order valence-corrected chi connectivity index (χ1v) is 10.8. The fourth-order valence-corrected chi connectivity index (χ4v) is 4.23. The summed E-state index contributed by atoms with van der Waals surface area (Å²) < 4.78 is 2.06. The van der Waals surface area contributed by atoms with Crippen LogP contribution >= 0.6 is 11.8 Å². The van der Waals surface area contributed by atoms with Gasteiger partial charge in [0.15, 0.2) is 10.8 Å². The van der Waals surface area contributed by atoms with Crippen molar-refractivity contribution in [2.75, 3.05) is 11.1 Å². The molecule has 0 bridgehead atoms. The fraction of sp³-hybridized carbons (Fsp3) is 0.136. The Morgan fingerprint density at radius 3 is 2.61 bits per heavy atom. The molecule has 9 heteroatoms. The number of aryl methyl sites for hydroxylation is 2. The number of nitrogens with zero attached hydrogens (tertiary/aromatic N) is 6. The maximum atomic E-state index is 5.92. The first-order chi connectivity index (χ1) is 15.1. The van der Waals surface area contributed by atoms with Crippen molar-refractivity contribution < 1.29 is 0 Å². The second kappa shape index (κ2) is 7.84. The number of fused-ring (bicyclic) bond motifs is 3. The summed E-state index contributed by atoms with van der Waals surface area (Å²) in [5.74, 6) is 1.64. The number of rotatable bonds is 5. The summed E-state index contributed by atoms with van der Waals surface area (Å²) in [6, 6.07) is 18.3. The number of pyridine rings is 1. The molecule has 3 aromatic heterocycles. The monoisotopic (exact) mass is 428 g/mol. The molecule has 31 heavy (non-hydrogen) atoms. The third-order valence-electron chi connectivity index (χ3n) is 4.91. The molecule has 5 aromatic rings. The van der Waals surface area contributed by atoms with E-state index in [1.54, 1.807) is 0 Å². The lowest BCUT2D eigenvalue weighted by atomic mass is 10.1. The normalized spacial score (nSPS) is 11.3. The molecule has 0 saturated heterocycles. The predicted octanol–water partition coefficient (Wildman–Crippen LogP) is 4.30. The lowest BCUT2D eigenvalue weighted by Crippen LogP contribution is -2.06. The van der Waals surface area contributed by atoms with E-state index in [0.717, 1.165) is 22.0 Å². The van der Waals surface area contributed by atoms with Crippen LogP contribution in [0.15, 0.2) is 59.8 Å². The molecule has 0 fully saturated rings. The molecule has 8 nitrogen and oxygen atoms in total. The summed E-state index contributed by atoms with van der Waals surface area (Å²) in [7, 11) is 0. The molecule has 0 radical (unpaired) electrons. The van der Waals surface area contributed by atoms with Crippen LogP contribution in [-0.4, -0.2) is 29.5 Å². The summed E-state index contributed by atoms with van der Waals surface area (Å²) in [5, 5.41) is 13.9. The predicted molar refractivity (Wildman–Crippen MR) is 123 cm³/mol. The summed E-state index contributed by atoms with van der Waals surface area (Å²) in [4.78, 5) is 13.0. The van der Waals surface area contributed by atoms with Gasteiger partial charge in [0.1, 0.15) is 5.82 Å². The molecule has 0 atom stereocenters. The number of hydrogen-bond donors (Lipinski definition) is 2. The van der Waals surface area contributed by atoms with Gasteiger partial charge in [0.2, 0.25) is 11.9 Å². The van der Waals surface area contributed by atoms with Gasteiger partial charge in [-0.05, 0) is 43.7 Å². The van der Waals surface area contributed by atoms with Crippen molar-refractivity contribution >= 4 is 45.9 Å². The Bertz CT molecular complexity index is 1390. The molecular formula is C22H20N8S. The highest BCUT2D eigenvalue weighted by atomic mass is 32.2. The van der Waals surface area contributed by atoms with Crippen LogP contribution in [0.2, 0.25) is 0 Å². The van der Waals surface area contributed by atoms with E-state index < -0.39 is 0 Å². The Kier molecular flexibility index (Phi) is 4.87. The number of nitrogen functional groups attached to an aromatic ring is 1. The van der Waals surface area contributed by atoms with E-state index in [4.69, 9.17) is 5.73 Å². The van der Waals surface area contributed by atoms with Gasteiger partial charge in [-0.2, -0.15) is 15.0 Å². The van der Waals surface area contributed by atoms with E-state index in [1.165, 1.54) is 28.3 Å². The van der Waals surface area contributed by atoms with Gasteiger partial charge in [-0.15, -0.1) is 10.2 Å². The lowest BCUT2D eigenvalue weighted by Gasteiger charge is -2.08. The van der Waals surface area contributed by atoms with E-state index in [0.29, 0.717) is 17.5 Å². The Hall–Kier alpha value is -3.72.